The molecule has 0 aliphatic carbocycles. The number of nitro benzene ring substituents is 1. The van der Waals surface area contributed by atoms with Crippen LogP contribution in [-0.4, -0.2) is 40.2 Å². The minimum atomic E-state index is -0.476. The van der Waals surface area contributed by atoms with Crippen LogP contribution in [0.4, 0.5) is 5.69 Å². The SMILES string of the molecule is Cc1noc2nc(-c3cccc([N+](=O)[O-])c3)cc(C(=O)NC[C@H]3CCCO3)c12. The Morgan fingerprint density at radius 3 is 3.00 bits per heavy atom. The summed E-state index contributed by atoms with van der Waals surface area (Å²) in [4.78, 5) is 27.8. The number of hydrogen-bond donors (Lipinski definition) is 1. The van der Waals surface area contributed by atoms with Gasteiger partial charge in [-0.25, -0.2) is 4.98 Å². The van der Waals surface area contributed by atoms with Gasteiger partial charge in [0, 0.05) is 30.8 Å². The number of benzene rings is 1. The highest BCUT2D eigenvalue weighted by Crippen LogP contribution is 2.28. The fourth-order valence-electron chi connectivity index (χ4n) is 3.31. The zero-order valence-corrected chi connectivity index (χ0v) is 15.2. The lowest BCUT2D eigenvalue weighted by atomic mass is 10.0. The van der Waals surface area contributed by atoms with Crippen LogP contribution in [0.2, 0.25) is 0 Å². The van der Waals surface area contributed by atoms with E-state index < -0.39 is 4.92 Å². The van der Waals surface area contributed by atoms with Gasteiger partial charge in [0.2, 0.25) is 0 Å². The molecule has 1 aliphatic heterocycles. The van der Waals surface area contributed by atoms with Crippen molar-refractivity contribution >= 4 is 22.7 Å². The second-order valence-corrected chi connectivity index (χ2v) is 6.66. The van der Waals surface area contributed by atoms with E-state index in [-0.39, 0.29) is 23.4 Å². The smallest absolute Gasteiger partial charge is 0.270 e. The van der Waals surface area contributed by atoms with Crippen LogP contribution in [0.5, 0.6) is 0 Å². The number of aromatic nitrogens is 2. The average Bonchev–Trinajstić information content (AvgIpc) is 3.35. The largest absolute Gasteiger partial charge is 0.376 e. The van der Waals surface area contributed by atoms with Gasteiger partial charge in [-0.15, -0.1) is 0 Å². The number of fused-ring (bicyclic) bond motifs is 1. The third-order valence-electron chi connectivity index (χ3n) is 4.73. The second-order valence-electron chi connectivity index (χ2n) is 6.66. The third kappa shape index (κ3) is 3.44. The van der Waals surface area contributed by atoms with E-state index in [1.807, 2.05) is 0 Å². The molecule has 2 aromatic heterocycles. The number of hydrogen-bond acceptors (Lipinski definition) is 7. The van der Waals surface area contributed by atoms with Crippen molar-refractivity contribution in [2.24, 2.45) is 0 Å². The van der Waals surface area contributed by atoms with Crippen LogP contribution in [-0.2, 0) is 4.74 Å². The molecule has 0 spiro atoms. The Hall–Kier alpha value is -3.33. The van der Waals surface area contributed by atoms with Gasteiger partial charge in [0.05, 0.1) is 33.4 Å². The predicted molar refractivity (Wildman–Crippen MR) is 99.9 cm³/mol. The second kappa shape index (κ2) is 7.35. The van der Waals surface area contributed by atoms with Gasteiger partial charge in [0.1, 0.15) is 0 Å². The summed E-state index contributed by atoms with van der Waals surface area (Å²) in [6.45, 7) is 2.86. The van der Waals surface area contributed by atoms with Gasteiger partial charge in [0.25, 0.3) is 17.3 Å². The number of amides is 1. The molecule has 0 unspecified atom stereocenters. The first-order chi connectivity index (χ1) is 13.5. The average molecular weight is 382 g/mol. The number of nitrogens with zero attached hydrogens (tertiary/aromatic N) is 3. The number of nitrogens with one attached hydrogen (secondary N) is 1. The summed E-state index contributed by atoms with van der Waals surface area (Å²) in [7, 11) is 0. The molecule has 1 amide bonds. The lowest BCUT2D eigenvalue weighted by molar-refractivity contribution is -0.384. The Kier molecular flexibility index (Phi) is 4.74. The first kappa shape index (κ1) is 18.1. The fourth-order valence-corrected chi connectivity index (χ4v) is 3.31. The summed E-state index contributed by atoms with van der Waals surface area (Å²) in [5, 5.41) is 18.4. The number of carbonyl (C=O) groups excluding carboxylic acids is 1. The maximum absolute atomic E-state index is 12.9. The molecule has 28 heavy (non-hydrogen) atoms. The van der Waals surface area contributed by atoms with Crippen molar-refractivity contribution in [2.45, 2.75) is 25.9 Å². The molecular weight excluding hydrogens is 364 g/mol. The van der Waals surface area contributed by atoms with Crippen molar-refractivity contribution in [3.8, 4) is 11.3 Å². The van der Waals surface area contributed by atoms with Gasteiger partial charge in [-0.3, -0.25) is 14.9 Å². The van der Waals surface area contributed by atoms with Crippen LogP contribution < -0.4 is 5.32 Å². The van der Waals surface area contributed by atoms with E-state index in [1.54, 1.807) is 25.1 Å². The molecule has 1 atom stereocenters. The molecule has 4 rings (SSSR count). The van der Waals surface area contributed by atoms with Crippen LogP contribution in [0.25, 0.3) is 22.4 Å². The molecule has 144 valence electrons. The molecule has 1 fully saturated rings. The maximum atomic E-state index is 12.9. The highest BCUT2D eigenvalue weighted by Gasteiger charge is 2.22. The molecule has 3 aromatic rings. The molecule has 1 aliphatic rings. The Balaban J connectivity index is 1.72. The third-order valence-corrected chi connectivity index (χ3v) is 4.73. The Bertz CT molecular complexity index is 1060. The van der Waals surface area contributed by atoms with Crippen LogP contribution in [0, 0.1) is 17.0 Å². The molecular formula is C19H18N4O5. The first-order valence-electron chi connectivity index (χ1n) is 8.94. The molecule has 1 N–H and O–H groups in total. The minimum absolute atomic E-state index is 0.0149. The lowest BCUT2D eigenvalue weighted by Crippen LogP contribution is -2.32. The van der Waals surface area contributed by atoms with Crippen molar-refractivity contribution in [3.05, 3.63) is 51.7 Å². The zero-order chi connectivity index (χ0) is 19.7. The first-order valence-corrected chi connectivity index (χ1v) is 8.94. The summed E-state index contributed by atoms with van der Waals surface area (Å²) in [5.74, 6) is -0.291. The molecule has 0 radical (unpaired) electrons. The van der Waals surface area contributed by atoms with Gasteiger partial charge in [0.15, 0.2) is 0 Å². The monoisotopic (exact) mass is 382 g/mol. The van der Waals surface area contributed by atoms with Gasteiger partial charge < -0.3 is 14.6 Å². The van der Waals surface area contributed by atoms with E-state index in [2.05, 4.69) is 15.5 Å². The van der Waals surface area contributed by atoms with Crippen LogP contribution >= 0.6 is 0 Å². The molecule has 0 bridgehead atoms. The standard InChI is InChI=1S/C19H18N4O5/c1-11-17-15(18(24)20-10-14-6-3-7-27-14)9-16(21-19(17)28-22-11)12-4-2-5-13(8-12)23(25)26/h2,4-5,8-9,14H,3,6-7,10H2,1H3,(H,20,24)/t14-/m1/s1. The number of carbonyl (C=O) groups is 1. The molecule has 0 saturated carbocycles. The summed E-state index contributed by atoms with van der Waals surface area (Å²) in [6.07, 6.45) is 1.92. The van der Waals surface area contributed by atoms with Crippen molar-refractivity contribution < 1.29 is 19.0 Å². The minimum Gasteiger partial charge on any atom is -0.376 e. The predicted octanol–water partition coefficient (Wildman–Crippen LogP) is 3.02. The fraction of sp³-hybridized carbons (Fsp3) is 0.316. The van der Waals surface area contributed by atoms with E-state index in [9.17, 15) is 14.9 Å². The van der Waals surface area contributed by atoms with Gasteiger partial charge >= 0.3 is 0 Å². The van der Waals surface area contributed by atoms with Crippen molar-refractivity contribution in [2.75, 3.05) is 13.2 Å². The van der Waals surface area contributed by atoms with E-state index >= 15 is 0 Å². The van der Waals surface area contributed by atoms with Gasteiger partial charge in [-0.2, -0.15) is 0 Å². The van der Waals surface area contributed by atoms with Gasteiger partial charge in [-0.1, -0.05) is 17.3 Å². The Labute approximate surface area is 159 Å². The summed E-state index contributed by atoms with van der Waals surface area (Å²) in [5.41, 5.74) is 1.98. The quantitative estimate of drug-likeness (QED) is 0.532. The number of nitro groups is 1. The highest BCUT2D eigenvalue weighted by atomic mass is 16.6. The summed E-state index contributed by atoms with van der Waals surface area (Å²) < 4.78 is 10.8. The molecule has 3 heterocycles. The molecule has 9 heteroatoms. The van der Waals surface area contributed by atoms with Crippen molar-refractivity contribution in [1.29, 1.82) is 0 Å². The van der Waals surface area contributed by atoms with E-state index in [4.69, 9.17) is 9.26 Å². The van der Waals surface area contributed by atoms with Crippen LogP contribution in [0.15, 0.2) is 34.9 Å². The number of aryl methyl sites for hydroxylation is 1. The zero-order valence-electron chi connectivity index (χ0n) is 15.2. The molecule has 1 saturated heterocycles. The van der Waals surface area contributed by atoms with E-state index in [0.29, 0.717) is 41.1 Å². The van der Waals surface area contributed by atoms with Gasteiger partial charge in [-0.05, 0) is 25.8 Å². The number of pyridine rings is 1. The normalized spacial score (nSPS) is 16.4. The number of ether oxygens (including phenoxy) is 1. The Morgan fingerprint density at radius 2 is 2.25 bits per heavy atom. The summed E-state index contributed by atoms with van der Waals surface area (Å²) >= 11 is 0. The van der Waals surface area contributed by atoms with E-state index in [0.717, 1.165) is 12.8 Å². The summed E-state index contributed by atoms with van der Waals surface area (Å²) in [6, 6.07) is 7.68. The van der Waals surface area contributed by atoms with E-state index in [1.165, 1.54) is 12.1 Å². The maximum Gasteiger partial charge on any atom is 0.270 e. The highest BCUT2D eigenvalue weighted by molar-refractivity contribution is 6.07. The topological polar surface area (TPSA) is 120 Å². The van der Waals surface area contributed by atoms with Crippen molar-refractivity contribution in [1.82, 2.24) is 15.5 Å². The number of rotatable bonds is 5. The molecule has 1 aromatic carbocycles. The van der Waals surface area contributed by atoms with Crippen molar-refractivity contribution in [3.63, 3.8) is 0 Å². The molecule has 9 nitrogen and oxygen atoms in total. The number of non-ortho nitro benzene ring substituents is 1. The van der Waals surface area contributed by atoms with Crippen LogP contribution in [0.1, 0.15) is 28.9 Å². The van der Waals surface area contributed by atoms with Crippen LogP contribution in [0.3, 0.4) is 0 Å². The lowest BCUT2D eigenvalue weighted by Gasteiger charge is -2.12. The Morgan fingerprint density at radius 1 is 1.39 bits per heavy atom.